The molecule has 3 N–H and O–H groups in total. The van der Waals surface area contributed by atoms with Crippen LogP contribution in [0.5, 0.6) is 5.75 Å². The predicted molar refractivity (Wildman–Crippen MR) is 98.6 cm³/mol. The molecule has 0 aromatic heterocycles. The highest BCUT2D eigenvalue weighted by Gasteiger charge is 2.35. The molecule has 1 aliphatic carbocycles. The van der Waals surface area contributed by atoms with Crippen molar-refractivity contribution in [2.45, 2.75) is 35.4 Å². The zero-order valence-corrected chi connectivity index (χ0v) is 16.0. The molecule has 142 valence electrons. The van der Waals surface area contributed by atoms with Crippen molar-refractivity contribution in [1.82, 2.24) is 5.32 Å². The van der Waals surface area contributed by atoms with Gasteiger partial charge in [0, 0.05) is 11.6 Å². The van der Waals surface area contributed by atoms with Crippen LogP contribution in [0.15, 0.2) is 28.1 Å². The number of phenols is 1. The number of hydrogen-bond acceptors (Lipinski definition) is 5. The predicted octanol–water partition coefficient (Wildman–Crippen LogP) is 3.01. The van der Waals surface area contributed by atoms with Gasteiger partial charge in [-0.2, -0.15) is 0 Å². The Bertz CT molecular complexity index is 850. The van der Waals surface area contributed by atoms with Crippen molar-refractivity contribution in [1.29, 1.82) is 0 Å². The maximum absolute atomic E-state index is 12.8. The molecule has 10 heteroatoms. The molecule has 1 fully saturated rings. The van der Waals surface area contributed by atoms with Crippen LogP contribution in [0.3, 0.4) is 0 Å². The Morgan fingerprint density at radius 2 is 2.04 bits per heavy atom. The molecule has 2 atom stereocenters. The summed E-state index contributed by atoms with van der Waals surface area (Å²) < 4.78 is 30.6. The quantitative estimate of drug-likeness (QED) is 0.649. The molecule has 0 bridgehead atoms. The molecule has 1 unspecified atom stereocenters. The number of allylic oxidation sites excluding steroid dienone is 1. The minimum absolute atomic E-state index is 0.0444. The smallest absolute Gasteiger partial charge is 0.319 e. The number of rotatable bonds is 4. The average molecular weight is 421 g/mol. The van der Waals surface area contributed by atoms with Gasteiger partial charge in [-0.05, 0) is 31.4 Å². The Kier molecular flexibility index (Phi) is 5.67. The number of nitrogens with one attached hydrogen (secondary N) is 2. The number of carbonyl (C=O) groups excluding carboxylic acids is 1. The highest BCUT2D eigenvalue weighted by molar-refractivity contribution is 7.92. The lowest BCUT2D eigenvalue weighted by Crippen LogP contribution is -2.37. The first-order valence-electron chi connectivity index (χ1n) is 8.07. The van der Waals surface area contributed by atoms with Crippen molar-refractivity contribution >= 4 is 44.8 Å². The van der Waals surface area contributed by atoms with Gasteiger partial charge in [-0.3, -0.25) is 0 Å². The minimum Gasteiger partial charge on any atom is -0.504 e. The van der Waals surface area contributed by atoms with Crippen LogP contribution in [0.2, 0.25) is 5.02 Å². The number of amides is 2. The summed E-state index contributed by atoms with van der Waals surface area (Å²) in [5.41, 5.74) is -0.0533. The molecule has 1 aliphatic heterocycles. The number of phenolic OH excluding ortho intramolecular Hbond substituents is 1. The summed E-state index contributed by atoms with van der Waals surface area (Å²) in [4.78, 5) is 11.7. The minimum atomic E-state index is -3.90. The van der Waals surface area contributed by atoms with Crippen LogP contribution in [0.25, 0.3) is 0 Å². The Hall–Kier alpha value is -1.48. The Morgan fingerprint density at radius 1 is 1.27 bits per heavy atom. The summed E-state index contributed by atoms with van der Waals surface area (Å²) in [7, 11) is -3.90. The molecular weight excluding hydrogens is 403 g/mol. The molecule has 1 heterocycles. The van der Waals surface area contributed by atoms with E-state index in [2.05, 4.69) is 10.6 Å². The fraction of sp³-hybridized carbons (Fsp3) is 0.438. The topological polar surface area (TPSA) is 105 Å². The third-order valence-electron chi connectivity index (χ3n) is 4.38. The van der Waals surface area contributed by atoms with Crippen molar-refractivity contribution in [3.8, 4) is 5.75 Å². The van der Waals surface area contributed by atoms with E-state index < -0.39 is 31.8 Å². The standard InChI is InChI=1S/C16H18Cl2N2O5S/c17-10-2-1-3-12(10)19-16(22)20-13-5-4-11(18)15(14(13)21)26(23,24)9-6-7-25-8-9/h2,4-5,9,12,21H,1,3,6-8H2,(H2,19,20,22)/t9-,12?/m0/s1. The van der Waals surface area contributed by atoms with Crippen LogP contribution in [0.4, 0.5) is 10.5 Å². The van der Waals surface area contributed by atoms with Crippen molar-refractivity contribution in [3.05, 3.63) is 28.3 Å². The van der Waals surface area contributed by atoms with Gasteiger partial charge in [0.05, 0.1) is 28.6 Å². The van der Waals surface area contributed by atoms with E-state index in [1.807, 2.05) is 6.08 Å². The van der Waals surface area contributed by atoms with Gasteiger partial charge in [0.15, 0.2) is 15.6 Å². The van der Waals surface area contributed by atoms with E-state index >= 15 is 0 Å². The first-order chi connectivity index (χ1) is 12.3. The number of anilines is 1. The second-order valence-electron chi connectivity index (χ2n) is 6.12. The molecule has 0 radical (unpaired) electrons. The van der Waals surface area contributed by atoms with Gasteiger partial charge in [-0.25, -0.2) is 13.2 Å². The first kappa shape index (κ1) is 19.3. The molecule has 2 aliphatic rings. The number of benzene rings is 1. The molecular formula is C16H18Cl2N2O5S. The van der Waals surface area contributed by atoms with Crippen LogP contribution < -0.4 is 10.6 Å². The number of ether oxygens (including phenoxy) is 1. The normalized spacial score (nSPS) is 22.9. The van der Waals surface area contributed by atoms with Crippen LogP contribution in [0.1, 0.15) is 19.3 Å². The number of halogens is 2. The van der Waals surface area contributed by atoms with Crippen molar-refractivity contribution in [2.24, 2.45) is 0 Å². The van der Waals surface area contributed by atoms with Crippen LogP contribution >= 0.6 is 23.2 Å². The van der Waals surface area contributed by atoms with E-state index in [9.17, 15) is 18.3 Å². The zero-order valence-electron chi connectivity index (χ0n) is 13.7. The lowest BCUT2D eigenvalue weighted by atomic mass is 10.2. The maximum atomic E-state index is 12.8. The van der Waals surface area contributed by atoms with Crippen LogP contribution in [-0.4, -0.2) is 44.1 Å². The molecule has 0 spiro atoms. The van der Waals surface area contributed by atoms with Gasteiger partial charge in [-0.15, -0.1) is 0 Å². The van der Waals surface area contributed by atoms with Crippen LogP contribution in [0, 0.1) is 0 Å². The third-order valence-corrected chi connectivity index (χ3v) is 7.45. The second-order valence-corrected chi connectivity index (χ2v) is 9.13. The summed E-state index contributed by atoms with van der Waals surface area (Å²) in [5, 5.41) is 15.2. The van der Waals surface area contributed by atoms with E-state index in [1.165, 1.54) is 12.1 Å². The molecule has 1 aromatic carbocycles. The van der Waals surface area contributed by atoms with Gasteiger partial charge in [0.2, 0.25) is 0 Å². The van der Waals surface area contributed by atoms with E-state index in [0.29, 0.717) is 24.5 Å². The van der Waals surface area contributed by atoms with Gasteiger partial charge in [0.25, 0.3) is 0 Å². The number of hydrogen-bond donors (Lipinski definition) is 3. The molecule has 0 saturated carbocycles. The maximum Gasteiger partial charge on any atom is 0.319 e. The molecule has 3 rings (SSSR count). The Labute approximate surface area is 161 Å². The van der Waals surface area contributed by atoms with E-state index in [-0.39, 0.29) is 23.4 Å². The first-order valence-corrected chi connectivity index (χ1v) is 10.4. The fourth-order valence-corrected chi connectivity index (χ4v) is 5.45. The highest BCUT2D eigenvalue weighted by atomic mass is 35.5. The van der Waals surface area contributed by atoms with Gasteiger partial charge >= 0.3 is 6.03 Å². The summed E-state index contributed by atoms with van der Waals surface area (Å²) in [5.74, 6) is -0.590. The van der Waals surface area contributed by atoms with E-state index in [1.54, 1.807) is 0 Å². The monoisotopic (exact) mass is 420 g/mol. The molecule has 26 heavy (non-hydrogen) atoms. The molecule has 2 amide bonds. The Balaban J connectivity index is 1.83. The lowest BCUT2D eigenvalue weighted by Gasteiger charge is -2.17. The van der Waals surface area contributed by atoms with E-state index in [4.69, 9.17) is 27.9 Å². The number of sulfone groups is 1. The van der Waals surface area contributed by atoms with Gasteiger partial charge in [0.1, 0.15) is 4.90 Å². The SMILES string of the molecule is O=C(Nc1ccc(Cl)c(S(=O)(=O)[C@H]2CCOC2)c1O)NC1CCC=C1Cl. The Morgan fingerprint density at radius 3 is 2.65 bits per heavy atom. The fourth-order valence-electron chi connectivity index (χ4n) is 2.97. The molecule has 1 aromatic rings. The third kappa shape index (κ3) is 3.78. The summed E-state index contributed by atoms with van der Waals surface area (Å²) >= 11 is 12.0. The lowest BCUT2D eigenvalue weighted by molar-refractivity contribution is 0.198. The summed E-state index contributed by atoms with van der Waals surface area (Å²) in [6.07, 6.45) is 3.59. The summed E-state index contributed by atoms with van der Waals surface area (Å²) in [6.45, 7) is 0.376. The molecule has 7 nitrogen and oxygen atoms in total. The van der Waals surface area contributed by atoms with Gasteiger partial charge < -0.3 is 20.5 Å². The van der Waals surface area contributed by atoms with Gasteiger partial charge in [-0.1, -0.05) is 29.3 Å². The van der Waals surface area contributed by atoms with Crippen LogP contribution in [-0.2, 0) is 14.6 Å². The molecule has 1 saturated heterocycles. The number of urea groups is 1. The zero-order chi connectivity index (χ0) is 18.9. The second kappa shape index (κ2) is 7.64. The number of carbonyl (C=O) groups is 1. The largest absolute Gasteiger partial charge is 0.504 e. The summed E-state index contributed by atoms with van der Waals surface area (Å²) in [6, 6.07) is 1.76. The number of aromatic hydroxyl groups is 1. The van der Waals surface area contributed by atoms with Crippen molar-refractivity contribution < 1.29 is 23.1 Å². The van der Waals surface area contributed by atoms with Crippen molar-refractivity contribution in [2.75, 3.05) is 18.5 Å². The van der Waals surface area contributed by atoms with E-state index in [0.717, 1.165) is 6.42 Å². The van der Waals surface area contributed by atoms with Crippen molar-refractivity contribution in [3.63, 3.8) is 0 Å². The average Bonchev–Trinajstić information content (AvgIpc) is 3.23. The highest BCUT2D eigenvalue weighted by Crippen LogP contribution is 2.39.